The lowest BCUT2D eigenvalue weighted by Gasteiger charge is -2.13. The zero-order valence-electron chi connectivity index (χ0n) is 11.7. The Morgan fingerprint density at radius 3 is 2.95 bits per heavy atom. The van der Waals surface area contributed by atoms with Crippen LogP contribution >= 0.6 is 11.8 Å². The molecule has 1 saturated heterocycles. The number of fused-ring (bicyclic) bond motifs is 1. The van der Waals surface area contributed by atoms with Gasteiger partial charge in [-0.05, 0) is 37.7 Å². The topological polar surface area (TPSA) is 49.8 Å². The van der Waals surface area contributed by atoms with Crippen LogP contribution in [0.25, 0.3) is 10.9 Å². The summed E-state index contributed by atoms with van der Waals surface area (Å²) in [4.78, 5) is 9.15. The minimum Gasteiger partial charge on any atom is -0.368 e. The summed E-state index contributed by atoms with van der Waals surface area (Å²) < 4.78 is 0. The number of hydrogen-bond donors (Lipinski definition) is 2. The van der Waals surface area contributed by atoms with E-state index in [2.05, 4.69) is 45.4 Å². The second-order valence-corrected chi connectivity index (χ2v) is 6.37. The lowest BCUT2D eigenvalue weighted by atomic mass is 10.2. The average Bonchev–Trinajstić information content (AvgIpc) is 2.98. The van der Waals surface area contributed by atoms with Crippen LogP contribution in [-0.4, -0.2) is 34.1 Å². The Morgan fingerprint density at radius 1 is 1.25 bits per heavy atom. The Kier molecular flexibility index (Phi) is 4.25. The van der Waals surface area contributed by atoms with E-state index in [1.54, 1.807) is 0 Å². The zero-order valence-corrected chi connectivity index (χ0v) is 12.5. The molecule has 1 aromatic heterocycles. The summed E-state index contributed by atoms with van der Waals surface area (Å²) in [5.41, 5.74) is 0.986. The Balaban J connectivity index is 1.86. The first kappa shape index (κ1) is 13.5. The molecule has 2 aromatic rings. The predicted octanol–water partition coefficient (Wildman–Crippen LogP) is 3.37. The van der Waals surface area contributed by atoms with E-state index >= 15 is 0 Å². The third kappa shape index (κ3) is 2.98. The van der Waals surface area contributed by atoms with Crippen LogP contribution in [0.3, 0.4) is 0 Å². The fourth-order valence-corrected chi connectivity index (χ4v) is 3.67. The van der Waals surface area contributed by atoms with Crippen molar-refractivity contribution in [1.29, 1.82) is 0 Å². The SMILES string of the molecule is CCNc1nc(NCC2CCCS2)c2ccccc2n1. The first-order valence-corrected chi connectivity index (χ1v) is 8.28. The summed E-state index contributed by atoms with van der Waals surface area (Å²) in [7, 11) is 0. The van der Waals surface area contributed by atoms with Crippen molar-refractivity contribution in [1.82, 2.24) is 9.97 Å². The van der Waals surface area contributed by atoms with Gasteiger partial charge in [0.25, 0.3) is 0 Å². The van der Waals surface area contributed by atoms with Gasteiger partial charge in [0, 0.05) is 23.7 Å². The number of hydrogen-bond acceptors (Lipinski definition) is 5. The molecule has 2 heterocycles. The van der Waals surface area contributed by atoms with Gasteiger partial charge < -0.3 is 10.6 Å². The van der Waals surface area contributed by atoms with Crippen LogP contribution in [0.2, 0.25) is 0 Å². The molecule has 1 fully saturated rings. The molecule has 0 aliphatic carbocycles. The van der Waals surface area contributed by atoms with Crippen LogP contribution in [0.5, 0.6) is 0 Å². The monoisotopic (exact) mass is 288 g/mol. The molecule has 1 aliphatic rings. The Hall–Kier alpha value is -1.49. The lowest BCUT2D eigenvalue weighted by molar-refractivity contribution is 0.804. The number of thioether (sulfide) groups is 1. The molecule has 1 aliphatic heterocycles. The van der Waals surface area contributed by atoms with Crippen LogP contribution in [0.4, 0.5) is 11.8 Å². The maximum absolute atomic E-state index is 4.61. The highest BCUT2D eigenvalue weighted by Crippen LogP contribution is 2.27. The number of benzene rings is 1. The van der Waals surface area contributed by atoms with E-state index in [-0.39, 0.29) is 0 Å². The molecule has 0 bridgehead atoms. The number of aromatic nitrogens is 2. The molecule has 2 N–H and O–H groups in total. The van der Waals surface area contributed by atoms with E-state index in [4.69, 9.17) is 0 Å². The Morgan fingerprint density at radius 2 is 2.15 bits per heavy atom. The number of anilines is 2. The summed E-state index contributed by atoms with van der Waals surface area (Å²) in [5.74, 6) is 2.94. The molecule has 1 aromatic carbocycles. The third-order valence-electron chi connectivity index (χ3n) is 3.46. The standard InChI is InChI=1S/C15H20N4S/c1-2-16-15-18-13-8-4-3-7-12(13)14(19-15)17-10-11-6-5-9-20-11/h3-4,7-8,11H,2,5-6,9-10H2,1H3,(H2,16,17,18,19). The summed E-state index contributed by atoms with van der Waals surface area (Å²) in [6, 6.07) is 8.16. The maximum atomic E-state index is 4.61. The summed E-state index contributed by atoms with van der Waals surface area (Å²) >= 11 is 2.06. The van der Waals surface area contributed by atoms with Gasteiger partial charge in [0.15, 0.2) is 0 Å². The van der Waals surface area contributed by atoms with Crippen molar-refractivity contribution in [2.45, 2.75) is 25.0 Å². The molecule has 0 saturated carbocycles. The minimum absolute atomic E-state index is 0.702. The molecule has 1 atom stereocenters. The van der Waals surface area contributed by atoms with E-state index in [0.717, 1.165) is 29.8 Å². The van der Waals surface area contributed by atoms with E-state index in [9.17, 15) is 0 Å². The summed E-state index contributed by atoms with van der Waals surface area (Å²) in [6.07, 6.45) is 2.64. The molecule has 106 valence electrons. The molecule has 4 nitrogen and oxygen atoms in total. The van der Waals surface area contributed by atoms with Crippen LogP contribution in [0.1, 0.15) is 19.8 Å². The van der Waals surface area contributed by atoms with Gasteiger partial charge in [-0.15, -0.1) is 0 Å². The number of nitrogens with zero attached hydrogens (tertiary/aromatic N) is 2. The first-order chi connectivity index (χ1) is 9.86. The molecule has 3 rings (SSSR count). The number of rotatable bonds is 5. The fraction of sp³-hybridized carbons (Fsp3) is 0.467. The van der Waals surface area contributed by atoms with E-state index in [1.807, 2.05) is 18.2 Å². The largest absolute Gasteiger partial charge is 0.368 e. The summed E-state index contributed by atoms with van der Waals surface area (Å²) in [6.45, 7) is 3.87. The Bertz CT molecular complexity index is 581. The molecule has 20 heavy (non-hydrogen) atoms. The number of para-hydroxylation sites is 1. The highest BCUT2D eigenvalue weighted by atomic mass is 32.2. The molecule has 0 amide bonds. The quantitative estimate of drug-likeness (QED) is 0.883. The van der Waals surface area contributed by atoms with Crippen molar-refractivity contribution in [3.63, 3.8) is 0 Å². The molecule has 5 heteroatoms. The molecule has 0 spiro atoms. The van der Waals surface area contributed by atoms with Crippen molar-refractivity contribution in [2.75, 3.05) is 29.5 Å². The van der Waals surface area contributed by atoms with E-state index < -0.39 is 0 Å². The second-order valence-electron chi connectivity index (χ2n) is 4.96. The summed E-state index contributed by atoms with van der Waals surface area (Å²) in [5, 5.41) is 8.53. The zero-order chi connectivity index (χ0) is 13.8. The normalized spacial score (nSPS) is 18.4. The molecule has 1 unspecified atom stereocenters. The third-order valence-corrected chi connectivity index (χ3v) is 4.86. The second kappa shape index (κ2) is 6.31. The van der Waals surface area contributed by atoms with Gasteiger partial charge in [0.1, 0.15) is 5.82 Å². The number of nitrogens with one attached hydrogen (secondary N) is 2. The van der Waals surface area contributed by atoms with Gasteiger partial charge in [-0.25, -0.2) is 4.98 Å². The maximum Gasteiger partial charge on any atom is 0.225 e. The van der Waals surface area contributed by atoms with Crippen LogP contribution in [0.15, 0.2) is 24.3 Å². The molecular weight excluding hydrogens is 268 g/mol. The molecule has 0 radical (unpaired) electrons. The van der Waals surface area contributed by atoms with Gasteiger partial charge in [-0.2, -0.15) is 16.7 Å². The van der Waals surface area contributed by atoms with Crippen molar-refractivity contribution in [2.24, 2.45) is 0 Å². The highest BCUT2D eigenvalue weighted by molar-refractivity contribution is 8.00. The van der Waals surface area contributed by atoms with Gasteiger partial charge in [0.2, 0.25) is 5.95 Å². The Labute approximate surface area is 123 Å². The minimum atomic E-state index is 0.702. The van der Waals surface area contributed by atoms with Crippen molar-refractivity contribution < 1.29 is 0 Å². The van der Waals surface area contributed by atoms with Gasteiger partial charge in [0.05, 0.1) is 5.52 Å². The smallest absolute Gasteiger partial charge is 0.225 e. The van der Waals surface area contributed by atoms with Gasteiger partial charge >= 0.3 is 0 Å². The highest BCUT2D eigenvalue weighted by Gasteiger charge is 2.16. The van der Waals surface area contributed by atoms with E-state index in [0.29, 0.717) is 11.2 Å². The lowest BCUT2D eigenvalue weighted by Crippen LogP contribution is -2.15. The molecular formula is C15H20N4S. The average molecular weight is 288 g/mol. The van der Waals surface area contributed by atoms with Crippen molar-refractivity contribution in [3.8, 4) is 0 Å². The van der Waals surface area contributed by atoms with Crippen LogP contribution < -0.4 is 10.6 Å². The fourth-order valence-electron chi connectivity index (χ4n) is 2.46. The van der Waals surface area contributed by atoms with Crippen molar-refractivity contribution in [3.05, 3.63) is 24.3 Å². The van der Waals surface area contributed by atoms with Gasteiger partial charge in [-0.1, -0.05) is 12.1 Å². The van der Waals surface area contributed by atoms with Crippen LogP contribution in [-0.2, 0) is 0 Å². The van der Waals surface area contributed by atoms with Crippen molar-refractivity contribution >= 4 is 34.4 Å². The van der Waals surface area contributed by atoms with Crippen LogP contribution in [0, 0.1) is 0 Å². The van der Waals surface area contributed by atoms with E-state index in [1.165, 1.54) is 18.6 Å². The van der Waals surface area contributed by atoms with Gasteiger partial charge in [-0.3, -0.25) is 0 Å². The predicted molar refractivity (Wildman–Crippen MR) is 87.7 cm³/mol. The first-order valence-electron chi connectivity index (χ1n) is 7.23.